The van der Waals surface area contributed by atoms with Gasteiger partial charge < -0.3 is 29.0 Å². The molecular weight excluding hydrogens is 446 g/mol. The smallest absolute Gasteiger partial charge is 0.303 e. The number of hydrogen-bond acceptors (Lipinski definition) is 9. The van der Waals surface area contributed by atoms with Crippen molar-refractivity contribution in [3.05, 3.63) is 23.3 Å². The maximum Gasteiger partial charge on any atom is 0.303 e. The van der Waals surface area contributed by atoms with Crippen LogP contribution in [0.3, 0.4) is 0 Å². The summed E-state index contributed by atoms with van der Waals surface area (Å²) >= 11 is 0. The van der Waals surface area contributed by atoms with E-state index in [1.165, 1.54) is 33.3 Å². The minimum absolute atomic E-state index is 0.159. The lowest BCUT2D eigenvalue weighted by Crippen LogP contribution is -2.66. The predicted molar refractivity (Wildman–Crippen MR) is 122 cm³/mol. The van der Waals surface area contributed by atoms with Crippen LogP contribution in [0.15, 0.2) is 23.3 Å². The highest BCUT2D eigenvalue weighted by Crippen LogP contribution is 2.28. The van der Waals surface area contributed by atoms with Crippen LogP contribution >= 0.6 is 0 Å². The fourth-order valence-electron chi connectivity index (χ4n) is 3.41. The van der Waals surface area contributed by atoms with Crippen LogP contribution in [0.25, 0.3) is 0 Å². The molecule has 1 rings (SSSR count). The van der Waals surface area contributed by atoms with E-state index in [1.54, 1.807) is 0 Å². The van der Waals surface area contributed by atoms with Crippen molar-refractivity contribution in [1.82, 2.24) is 5.32 Å². The van der Waals surface area contributed by atoms with Gasteiger partial charge in [0.2, 0.25) is 5.91 Å². The highest BCUT2D eigenvalue weighted by atomic mass is 16.7. The third kappa shape index (κ3) is 10.9. The van der Waals surface area contributed by atoms with E-state index >= 15 is 0 Å². The molecule has 1 heterocycles. The minimum Gasteiger partial charge on any atom is -0.463 e. The zero-order valence-corrected chi connectivity index (χ0v) is 21.0. The zero-order valence-electron chi connectivity index (χ0n) is 21.0. The van der Waals surface area contributed by atoms with E-state index in [4.69, 9.17) is 23.7 Å². The number of esters is 3. The molecule has 192 valence electrons. The maximum absolute atomic E-state index is 11.9. The molecule has 10 heteroatoms. The van der Waals surface area contributed by atoms with Gasteiger partial charge in [-0.3, -0.25) is 19.2 Å². The zero-order chi connectivity index (χ0) is 25.8. The molecule has 0 saturated carbocycles. The van der Waals surface area contributed by atoms with Crippen LogP contribution in [-0.4, -0.2) is 67.7 Å². The Morgan fingerprint density at radius 1 is 0.853 bits per heavy atom. The molecular formula is C24H37NO9. The molecule has 0 radical (unpaired) electrons. The summed E-state index contributed by atoms with van der Waals surface area (Å²) in [5, 5.41) is 2.67. The van der Waals surface area contributed by atoms with Crippen LogP contribution in [0, 0.1) is 0 Å². The number of ether oxygens (including phenoxy) is 5. The second-order valence-electron chi connectivity index (χ2n) is 8.42. The lowest BCUT2D eigenvalue weighted by atomic mass is 9.96. The SMILES string of the molecule is CC(=O)N[C@H]1[C@H](OC/C=C(\C)CCC=C(C)C)O[C@H](COC(C)=O)[C@@H](OC(C)=O)[C@@H]1OC(C)=O. The predicted octanol–water partition coefficient (Wildman–Crippen LogP) is 2.35. The van der Waals surface area contributed by atoms with Gasteiger partial charge in [0.1, 0.15) is 18.8 Å². The average molecular weight is 484 g/mol. The molecule has 0 aromatic rings. The van der Waals surface area contributed by atoms with E-state index in [1.807, 2.05) is 26.8 Å². The van der Waals surface area contributed by atoms with Crippen molar-refractivity contribution in [3.8, 4) is 0 Å². The average Bonchev–Trinajstić information content (AvgIpc) is 2.69. The molecule has 0 bridgehead atoms. The summed E-state index contributed by atoms with van der Waals surface area (Å²) in [5.74, 6) is -2.30. The molecule has 0 unspecified atom stereocenters. The molecule has 34 heavy (non-hydrogen) atoms. The second-order valence-corrected chi connectivity index (χ2v) is 8.42. The number of allylic oxidation sites excluding steroid dienone is 3. The Kier molecular flexibility index (Phi) is 12.5. The third-order valence-electron chi connectivity index (χ3n) is 4.85. The van der Waals surface area contributed by atoms with E-state index in [-0.39, 0.29) is 13.2 Å². The van der Waals surface area contributed by atoms with Crippen molar-refractivity contribution >= 4 is 23.8 Å². The van der Waals surface area contributed by atoms with Gasteiger partial charge in [0.05, 0.1) is 6.61 Å². The van der Waals surface area contributed by atoms with Gasteiger partial charge in [0, 0.05) is 27.7 Å². The number of amides is 1. The molecule has 5 atom stereocenters. The maximum atomic E-state index is 11.9. The van der Waals surface area contributed by atoms with Crippen molar-refractivity contribution < 1.29 is 42.9 Å². The molecule has 1 aliphatic rings. The van der Waals surface area contributed by atoms with Crippen LogP contribution in [0.1, 0.15) is 61.3 Å². The van der Waals surface area contributed by atoms with E-state index < -0.39 is 54.5 Å². The first-order valence-electron chi connectivity index (χ1n) is 11.2. The van der Waals surface area contributed by atoms with Gasteiger partial charge in [0.15, 0.2) is 18.5 Å². The van der Waals surface area contributed by atoms with E-state index in [0.29, 0.717) is 0 Å². The summed E-state index contributed by atoms with van der Waals surface area (Å²) in [5.41, 5.74) is 2.35. The van der Waals surface area contributed by atoms with Crippen molar-refractivity contribution in [2.75, 3.05) is 13.2 Å². The van der Waals surface area contributed by atoms with Gasteiger partial charge in [-0.05, 0) is 33.6 Å². The standard InChI is InChI=1S/C24H37NO9/c1-14(2)9-8-10-15(3)11-12-30-24-21(25-16(4)26)23(33-19(7)29)22(32-18(6)28)20(34-24)13-31-17(5)27/h9,11,20-24H,8,10,12-13H2,1-7H3,(H,25,26)/b15-11+/t20-,21-,22-,23-,24-/m1/s1. The summed E-state index contributed by atoms with van der Waals surface area (Å²) in [6.45, 7) is 10.9. The van der Waals surface area contributed by atoms with Gasteiger partial charge in [-0.15, -0.1) is 0 Å². The Hall–Kier alpha value is -2.72. The number of hydrogen-bond donors (Lipinski definition) is 1. The van der Waals surface area contributed by atoms with E-state index in [2.05, 4.69) is 11.4 Å². The molecule has 0 aromatic carbocycles. The van der Waals surface area contributed by atoms with Crippen LogP contribution < -0.4 is 5.32 Å². The Morgan fingerprint density at radius 3 is 2.00 bits per heavy atom. The summed E-state index contributed by atoms with van der Waals surface area (Å²) in [4.78, 5) is 46.9. The highest BCUT2D eigenvalue weighted by molar-refractivity contribution is 5.73. The summed E-state index contributed by atoms with van der Waals surface area (Å²) in [7, 11) is 0. The first kappa shape index (κ1) is 29.3. The van der Waals surface area contributed by atoms with E-state index in [9.17, 15) is 19.2 Å². The summed E-state index contributed by atoms with van der Waals surface area (Å²) in [6.07, 6.45) is 1.47. The highest BCUT2D eigenvalue weighted by Gasteiger charge is 2.51. The largest absolute Gasteiger partial charge is 0.463 e. The van der Waals surface area contributed by atoms with Gasteiger partial charge in [-0.2, -0.15) is 0 Å². The molecule has 1 amide bonds. The summed E-state index contributed by atoms with van der Waals surface area (Å²) < 4.78 is 27.7. The number of carbonyl (C=O) groups excluding carboxylic acids is 4. The Morgan fingerprint density at radius 2 is 1.47 bits per heavy atom. The van der Waals surface area contributed by atoms with Crippen LogP contribution in [0.5, 0.6) is 0 Å². The normalized spacial score (nSPS) is 24.6. The number of rotatable bonds is 11. The first-order chi connectivity index (χ1) is 15.9. The Labute approximate surface area is 201 Å². The number of nitrogens with one attached hydrogen (secondary N) is 1. The Bertz CT molecular complexity index is 785. The summed E-state index contributed by atoms with van der Waals surface area (Å²) in [6, 6.07) is -0.973. The molecule has 10 nitrogen and oxygen atoms in total. The van der Waals surface area contributed by atoms with Gasteiger partial charge in [-0.1, -0.05) is 23.3 Å². The van der Waals surface area contributed by atoms with Crippen LogP contribution in [0.2, 0.25) is 0 Å². The monoisotopic (exact) mass is 483 g/mol. The topological polar surface area (TPSA) is 126 Å². The van der Waals surface area contributed by atoms with Crippen molar-refractivity contribution in [3.63, 3.8) is 0 Å². The number of carbonyl (C=O) groups is 4. The van der Waals surface area contributed by atoms with Crippen LogP contribution in [0.4, 0.5) is 0 Å². The lowest BCUT2D eigenvalue weighted by Gasteiger charge is -2.44. The van der Waals surface area contributed by atoms with Gasteiger partial charge in [0.25, 0.3) is 0 Å². The molecule has 0 aliphatic carbocycles. The molecule has 1 fully saturated rings. The van der Waals surface area contributed by atoms with Crippen molar-refractivity contribution in [2.45, 2.75) is 92.0 Å². The first-order valence-corrected chi connectivity index (χ1v) is 11.2. The molecule has 0 spiro atoms. The fraction of sp³-hybridized carbons (Fsp3) is 0.667. The van der Waals surface area contributed by atoms with Crippen molar-refractivity contribution in [1.29, 1.82) is 0 Å². The fourth-order valence-corrected chi connectivity index (χ4v) is 3.41. The van der Waals surface area contributed by atoms with E-state index in [0.717, 1.165) is 18.4 Å². The lowest BCUT2D eigenvalue weighted by molar-refractivity contribution is -0.275. The Balaban J connectivity index is 3.15. The molecule has 0 aromatic heterocycles. The second kappa shape index (κ2) is 14.5. The third-order valence-corrected chi connectivity index (χ3v) is 4.85. The van der Waals surface area contributed by atoms with Crippen molar-refractivity contribution in [2.24, 2.45) is 0 Å². The van der Waals surface area contributed by atoms with Gasteiger partial charge >= 0.3 is 17.9 Å². The minimum atomic E-state index is -1.14. The van der Waals surface area contributed by atoms with Gasteiger partial charge in [-0.25, -0.2) is 0 Å². The quantitative estimate of drug-likeness (QED) is 0.268. The molecule has 1 aliphatic heterocycles. The molecule has 1 saturated heterocycles. The molecule has 1 N–H and O–H groups in total. The van der Waals surface area contributed by atoms with Crippen LogP contribution in [-0.2, 0) is 42.9 Å².